The highest BCUT2D eigenvalue weighted by Crippen LogP contribution is 2.31. The summed E-state index contributed by atoms with van der Waals surface area (Å²) in [5, 5.41) is 2.76. The van der Waals surface area contributed by atoms with E-state index in [9.17, 15) is 17.6 Å². The van der Waals surface area contributed by atoms with E-state index >= 15 is 0 Å². The summed E-state index contributed by atoms with van der Waals surface area (Å²) < 4.78 is 52.5. The molecule has 0 aliphatic carbocycles. The van der Waals surface area contributed by atoms with Crippen molar-refractivity contribution in [3.05, 3.63) is 77.6 Å². The molecule has 0 unspecified atom stereocenters. The van der Waals surface area contributed by atoms with Crippen LogP contribution in [0.5, 0.6) is 11.5 Å². The maximum Gasteiger partial charge on any atom is 0.261 e. The van der Waals surface area contributed by atoms with Gasteiger partial charge in [-0.2, -0.15) is 0 Å². The van der Waals surface area contributed by atoms with E-state index in [-0.39, 0.29) is 16.1 Å². The molecule has 0 fully saturated rings. The molecule has 7 nitrogen and oxygen atoms in total. The summed E-state index contributed by atoms with van der Waals surface area (Å²) >= 11 is 0. The molecule has 0 heterocycles. The lowest BCUT2D eigenvalue weighted by atomic mass is 10.2. The number of ether oxygens (including phenoxy) is 2. The zero-order valence-corrected chi connectivity index (χ0v) is 19.3. The summed E-state index contributed by atoms with van der Waals surface area (Å²) in [7, 11) is -4.03. The molecule has 3 rings (SSSR count). The predicted octanol–water partition coefficient (Wildman–Crippen LogP) is 4.98. The smallest absolute Gasteiger partial charge is 0.261 e. The Morgan fingerprint density at radius 1 is 0.909 bits per heavy atom. The van der Waals surface area contributed by atoms with Crippen molar-refractivity contribution in [2.24, 2.45) is 0 Å². The van der Waals surface area contributed by atoms with Crippen molar-refractivity contribution in [2.75, 3.05) is 23.3 Å². The minimum absolute atomic E-state index is 0.172. The summed E-state index contributed by atoms with van der Waals surface area (Å²) in [5.74, 6) is 0.0158. The van der Waals surface area contributed by atoms with E-state index in [1.807, 2.05) is 13.8 Å². The van der Waals surface area contributed by atoms with E-state index in [4.69, 9.17) is 9.47 Å². The molecule has 0 aliphatic heterocycles. The fourth-order valence-electron chi connectivity index (χ4n) is 3.01. The molecule has 3 aromatic carbocycles. The first kappa shape index (κ1) is 24.1. The molecule has 174 valence electrons. The highest BCUT2D eigenvalue weighted by Gasteiger charge is 2.17. The average Bonchev–Trinajstić information content (AvgIpc) is 2.77. The van der Waals surface area contributed by atoms with Gasteiger partial charge in [-0.3, -0.25) is 9.52 Å². The lowest BCUT2D eigenvalue weighted by Gasteiger charge is -2.13. The van der Waals surface area contributed by atoms with Gasteiger partial charge in [-0.15, -0.1) is 0 Å². The van der Waals surface area contributed by atoms with Crippen molar-refractivity contribution < 1.29 is 27.1 Å². The third-order valence-electron chi connectivity index (χ3n) is 4.63. The lowest BCUT2D eigenvalue weighted by molar-refractivity contribution is 0.102. The number of carbonyl (C=O) groups is 1. The molecule has 0 saturated carbocycles. The molecule has 1 amide bonds. The molecular formula is C24H25FN2O5S. The van der Waals surface area contributed by atoms with E-state index in [0.717, 1.165) is 6.07 Å². The van der Waals surface area contributed by atoms with E-state index in [2.05, 4.69) is 10.0 Å². The molecule has 0 atom stereocenters. The fraction of sp³-hybridized carbons (Fsp3) is 0.208. The maximum absolute atomic E-state index is 13.8. The first-order chi connectivity index (χ1) is 15.7. The summed E-state index contributed by atoms with van der Waals surface area (Å²) in [6.07, 6.45) is 0. The van der Waals surface area contributed by atoms with Crippen LogP contribution in [-0.4, -0.2) is 27.5 Å². The molecule has 9 heteroatoms. The number of halogens is 1. The van der Waals surface area contributed by atoms with Crippen LogP contribution in [0.15, 0.2) is 65.6 Å². The van der Waals surface area contributed by atoms with Crippen LogP contribution in [0, 0.1) is 12.7 Å². The van der Waals surface area contributed by atoms with Gasteiger partial charge in [-0.05, 0) is 68.8 Å². The van der Waals surface area contributed by atoms with Gasteiger partial charge in [0.15, 0.2) is 11.5 Å². The highest BCUT2D eigenvalue weighted by atomic mass is 32.2. The van der Waals surface area contributed by atoms with Crippen molar-refractivity contribution in [2.45, 2.75) is 25.7 Å². The Labute approximate surface area is 192 Å². The zero-order valence-electron chi connectivity index (χ0n) is 18.5. The van der Waals surface area contributed by atoms with Gasteiger partial charge in [0, 0.05) is 23.0 Å². The Bertz CT molecular complexity index is 1260. The van der Waals surface area contributed by atoms with Gasteiger partial charge < -0.3 is 14.8 Å². The largest absolute Gasteiger partial charge is 0.490 e. The van der Waals surface area contributed by atoms with Crippen LogP contribution in [0.25, 0.3) is 0 Å². The van der Waals surface area contributed by atoms with Crippen LogP contribution in [-0.2, 0) is 10.0 Å². The van der Waals surface area contributed by atoms with Crippen molar-refractivity contribution in [3.8, 4) is 11.5 Å². The summed E-state index contributed by atoms with van der Waals surface area (Å²) in [4.78, 5) is 12.5. The number of nitrogens with one attached hydrogen (secondary N) is 2. The van der Waals surface area contributed by atoms with Gasteiger partial charge >= 0.3 is 0 Å². The van der Waals surface area contributed by atoms with E-state index < -0.39 is 21.7 Å². The average molecular weight is 473 g/mol. The van der Waals surface area contributed by atoms with E-state index in [1.54, 1.807) is 37.3 Å². The number of hydrogen-bond acceptors (Lipinski definition) is 5. The number of sulfonamides is 1. The van der Waals surface area contributed by atoms with E-state index in [1.165, 1.54) is 24.3 Å². The third kappa shape index (κ3) is 6.01. The van der Waals surface area contributed by atoms with Crippen LogP contribution in [0.3, 0.4) is 0 Å². The Morgan fingerprint density at radius 2 is 1.64 bits per heavy atom. The number of anilines is 2. The monoisotopic (exact) mass is 472 g/mol. The second-order valence-corrected chi connectivity index (χ2v) is 8.76. The maximum atomic E-state index is 13.8. The summed E-state index contributed by atoms with van der Waals surface area (Å²) in [5.41, 5.74) is 1.24. The molecule has 0 bridgehead atoms. The Hall–Kier alpha value is -3.59. The topological polar surface area (TPSA) is 93.7 Å². The van der Waals surface area contributed by atoms with Crippen molar-refractivity contribution in [1.29, 1.82) is 0 Å². The molecule has 0 aliphatic rings. The van der Waals surface area contributed by atoms with Crippen LogP contribution in [0.2, 0.25) is 0 Å². The van der Waals surface area contributed by atoms with Crippen LogP contribution in [0.4, 0.5) is 15.8 Å². The molecule has 2 N–H and O–H groups in total. The van der Waals surface area contributed by atoms with Crippen molar-refractivity contribution >= 4 is 27.3 Å². The fourth-order valence-corrected chi connectivity index (χ4v) is 4.07. The van der Waals surface area contributed by atoms with E-state index in [0.29, 0.717) is 36.0 Å². The predicted molar refractivity (Wildman–Crippen MR) is 125 cm³/mol. The highest BCUT2D eigenvalue weighted by molar-refractivity contribution is 7.92. The number of rotatable bonds is 9. The normalized spacial score (nSPS) is 11.0. The number of amides is 1. The number of benzene rings is 3. The first-order valence-corrected chi connectivity index (χ1v) is 11.8. The van der Waals surface area contributed by atoms with Gasteiger partial charge in [-0.1, -0.05) is 12.1 Å². The SMILES string of the molecule is CCOc1ccc(NC(=O)c2cccc(NS(=O)(=O)c3ccc(C)c(F)c3)c2)cc1OCC. The van der Waals surface area contributed by atoms with Gasteiger partial charge in [0.2, 0.25) is 0 Å². The molecular weight excluding hydrogens is 447 g/mol. The standard InChI is InChI=1S/C24H25FN2O5S/c1-4-31-22-12-10-18(14-23(22)32-5-2)26-24(28)17-7-6-8-19(13-17)27-33(29,30)20-11-9-16(3)21(25)15-20/h6-15,27H,4-5H2,1-3H3,(H,26,28). The number of hydrogen-bond donors (Lipinski definition) is 2. The Kier molecular flexibility index (Phi) is 7.55. The molecule has 0 radical (unpaired) electrons. The molecule has 0 aromatic heterocycles. The third-order valence-corrected chi connectivity index (χ3v) is 6.01. The number of aryl methyl sites for hydroxylation is 1. The molecule has 3 aromatic rings. The van der Waals surface area contributed by atoms with Gasteiger partial charge in [0.1, 0.15) is 5.82 Å². The van der Waals surface area contributed by atoms with Gasteiger partial charge in [-0.25, -0.2) is 12.8 Å². The first-order valence-electron chi connectivity index (χ1n) is 10.3. The quantitative estimate of drug-likeness (QED) is 0.458. The molecule has 33 heavy (non-hydrogen) atoms. The minimum atomic E-state index is -4.03. The van der Waals surface area contributed by atoms with Crippen LogP contribution in [0.1, 0.15) is 29.8 Å². The molecule has 0 spiro atoms. The number of carbonyl (C=O) groups excluding carboxylic acids is 1. The Balaban J connectivity index is 1.78. The van der Waals surface area contributed by atoms with Crippen molar-refractivity contribution in [1.82, 2.24) is 0 Å². The summed E-state index contributed by atoms with van der Waals surface area (Å²) in [6.45, 7) is 6.16. The minimum Gasteiger partial charge on any atom is -0.490 e. The van der Waals surface area contributed by atoms with Gasteiger partial charge in [0.05, 0.1) is 18.1 Å². The van der Waals surface area contributed by atoms with Gasteiger partial charge in [0.25, 0.3) is 15.9 Å². The lowest BCUT2D eigenvalue weighted by Crippen LogP contribution is -2.15. The second kappa shape index (κ2) is 10.4. The van der Waals surface area contributed by atoms with Crippen molar-refractivity contribution in [3.63, 3.8) is 0 Å². The second-order valence-electron chi connectivity index (χ2n) is 7.08. The Morgan fingerprint density at radius 3 is 2.33 bits per heavy atom. The van der Waals surface area contributed by atoms with Crippen LogP contribution < -0.4 is 19.5 Å². The van der Waals surface area contributed by atoms with Crippen LogP contribution >= 0.6 is 0 Å². The summed E-state index contributed by atoms with van der Waals surface area (Å²) in [6, 6.07) is 14.7. The molecule has 0 saturated heterocycles. The zero-order chi connectivity index (χ0) is 24.0.